The molecular formula is C31H41NO6. The fourth-order valence-corrected chi connectivity index (χ4v) is 4.60. The molecule has 1 aliphatic heterocycles. The Hall–Kier alpha value is -3.32. The second kappa shape index (κ2) is 14.6. The van der Waals surface area contributed by atoms with Crippen LogP contribution >= 0.6 is 0 Å². The maximum atomic E-state index is 13.3. The van der Waals surface area contributed by atoms with Gasteiger partial charge in [-0.25, -0.2) is 0 Å². The molecule has 1 aliphatic rings. The van der Waals surface area contributed by atoms with Crippen LogP contribution in [0.5, 0.6) is 11.5 Å². The molecule has 1 saturated heterocycles. The summed E-state index contributed by atoms with van der Waals surface area (Å²) in [6.45, 7) is 8.15. The number of hydrogen-bond acceptors (Lipinski definition) is 6. The number of rotatable bonds is 15. The first-order valence-electron chi connectivity index (χ1n) is 13.7. The number of nitrogens with zero attached hydrogens (tertiary/aromatic N) is 1. The molecule has 0 aromatic heterocycles. The van der Waals surface area contributed by atoms with Crippen molar-refractivity contribution in [3.63, 3.8) is 0 Å². The molecule has 38 heavy (non-hydrogen) atoms. The lowest BCUT2D eigenvalue weighted by atomic mass is 9.93. The number of Topliss-reactive ketones (excluding diaryl/α,β-unsaturated/α-hetero) is 1. The van der Waals surface area contributed by atoms with Crippen molar-refractivity contribution in [2.24, 2.45) is 0 Å². The topological polar surface area (TPSA) is 85.3 Å². The van der Waals surface area contributed by atoms with Crippen LogP contribution in [0.3, 0.4) is 0 Å². The fourth-order valence-electron chi connectivity index (χ4n) is 4.60. The van der Waals surface area contributed by atoms with E-state index in [0.717, 1.165) is 49.0 Å². The number of ether oxygens (including phenoxy) is 3. The summed E-state index contributed by atoms with van der Waals surface area (Å²) in [7, 11) is 1.60. The number of ketones is 1. The van der Waals surface area contributed by atoms with E-state index in [1.165, 1.54) is 4.90 Å². The van der Waals surface area contributed by atoms with Crippen molar-refractivity contribution in [2.45, 2.75) is 65.3 Å². The quantitative estimate of drug-likeness (QED) is 0.129. The number of carbonyl (C=O) groups is 2. The van der Waals surface area contributed by atoms with E-state index in [2.05, 4.69) is 13.8 Å². The SMILES string of the molecule is CCCCCOc1ccc(C2C(=C(O)c3ccc(OCCCC)cc3C)C(=O)C(=O)N2CCCOC)cc1. The second-order valence-corrected chi connectivity index (χ2v) is 9.64. The number of aliphatic hydroxyl groups excluding tert-OH is 1. The molecule has 1 unspecified atom stereocenters. The summed E-state index contributed by atoms with van der Waals surface area (Å²) in [6, 6.07) is 12.1. The molecule has 0 spiro atoms. The van der Waals surface area contributed by atoms with Crippen molar-refractivity contribution in [3.05, 3.63) is 64.7 Å². The van der Waals surface area contributed by atoms with Gasteiger partial charge in [-0.15, -0.1) is 0 Å². The van der Waals surface area contributed by atoms with Crippen LogP contribution in [0.4, 0.5) is 0 Å². The lowest BCUT2D eigenvalue weighted by Crippen LogP contribution is -2.31. The predicted molar refractivity (Wildman–Crippen MR) is 149 cm³/mol. The highest BCUT2D eigenvalue weighted by Gasteiger charge is 2.45. The lowest BCUT2D eigenvalue weighted by Gasteiger charge is -2.25. The highest BCUT2D eigenvalue weighted by Crippen LogP contribution is 2.40. The van der Waals surface area contributed by atoms with Gasteiger partial charge in [0, 0.05) is 25.8 Å². The van der Waals surface area contributed by atoms with Crippen LogP contribution in [0.15, 0.2) is 48.0 Å². The minimum absolute atomic E-state index is 0.0896. The molecule has 2 aromatic carbocycles. The van der Waals surface area contributed by atoms with Gasteiger partial charge in [-0.05, 0) is 67.6 Å². The zero-order valence-corrected chi connectivity index (χ0v) is 23.1. The fraction of sp³-hybridized carbons (Fsp3) is 0.484. The Balaban J connectivity index is 1.96. The van der Waals surface area contributed by atoms with Gasteiger partial charge in [0.25, 0.3) is 11.7 Å². The minimum atomic E-state index is -0.708. The van der Waals surface area contributed by atoms with E-state index in [1.54, 1.807) is 19.2 Å². The number of carbonyl (C=O) groups excluding carboxylic acids is 2. The van der Waals surface area contributed by atoms with Crippen LogP contribution in [0.2, 0.25) is 0 Å². The standard InChI is InChI=1S/C31H41NO6/c1-5-7-9-20-37-24-13-11-23(12-14-24)28-27(30(34)31(35)32(28)17-10-18-36-4)29(33)26-16-15-25(21-22(26)3)38-19-8-6-2/h11-16,21,28,33H,5-10,17-20H2,1-4H3. The molecular weight excluding hydrogens is 482 g/mol. The first-order valence-corrected chi connectivity index (χ1v) is 13.7. The Morgan fingerprint density at radius 2 is 1.53 bits per heavy atom. The van der Waals surface area contributed by atoms with Crippen LogP contribution in [0.25, 0.3) is 5.76 Å². The van der Waals surface area contributed by atoms with Gasteiger partial charge in [0.05, 0.1) is 24.8 Å². The monoisotopic (exact) mass is 523 g/mol. The number of benzene rings is 2. The van der Waals surface area contributed by atoms with E-state index in [4.69, 9.17) is 14.2 Å². The molecule has 1 atom stereocenters. The van der Waals surface area contributed by atoms with Crippen LogP contribution in [-0.4, -0.2) is 55.2 Å². The average molecular weight is 524 g/mol. The molecule has 7 nitrogen and oxygen atoms in total. The maximum absolute atomic E-state index is 13.3. The molecule has 0 aliphatic carbocycles. The largest absolute Gasteiger partial charge is 0.507 e. The maximum Gasteiger partial charge on any atom is 0.295 e. The molecule has 206 valence electrons. The Bertz CT molecular complexity index is 1110. The van der Waals surface area contributed by atoms with Gasteiger partial charge in [0.1, 0.15) is 17.3 Å². The van der Waals surface area contributed by atoms with Gasteiger partial charge in [-0.3, -0.25) is 9.59 Å². The van der Waals surface area contributed by atoms with Gasteiger partial charge < -0.3 is 24.2 Å². The van der Waals surface area contributed by atoms with E-state index in [0.29, 0.717) is 44.1 Å². The Morgan fingerprint density at radius 1 is 0.868 bits per heavy atom. The summed E-state index contributed by atoms with van der Waals surface area (Å²) in [5, 5.41) is 11.4. The first kappa shape index (κ1) is 29.2. The molecule has 2 aromatic rings. The average Bonchev–Trinajstić information content (AvgIpc) is 3.16. The predicted octanol–water partition coefficient (Wildman–Crippen LogP) is 6.20. The van der Waals surface area contributed by atoms with Gasteiger partial charge in [-0.1, -0.05) is 45.2 Å². The van der Waals surface area contributed by atoms with E-state index in [-0.39, 0.29) is 11.3 Å². The van der Waals surface area contributed by atoms with Gasteiger partial charge in [0.2, 0.25) is 0 Å². The number of aryl methyl sites for hydroxylation is 1. The number of unbranched alkanes of at least 4 members (excludes halogenated alkanes) is 3. The summed E-state index contributed by atoms with van der Waals surface area (Å²) in [4.78, 5) is 27.9. The molecule has 7 heteroatoms. The molecule has 0 bridgehead atoms. The number of aliphatic hydroxyl groups is 1. The third kappa shape index (κ3) is 7.16. The first-order chi connectivity index (χ1) is 18.4. The molecule has 1 fully saturated rings. The molecule has 1 N–H and O–H groups in total. The van der Waals surface area contributed by atoms with Crippen LogP contribution in [-0.2, 0) is 14.3 Å². The van der Waals surface area contributed by atoms with Crippen molar-refractivity contribution in [2.75, 3.05) is 33.5 Å². The highest BCUT2D eigenvalue weighted by molar-refractivity contribution is 6.46. The summed E-state index contributed by atoms with van der Waals surface area (Å²) >= 11 is 0. The van der Waals surface area contributed by atoms with Crippen molar-refractivity contribution >= 4 is 17.4 Å². The normalized spacial score (nSPS) is 16.7. The number of methoxy groups -OCH3 is 1. The lowest BCUT2D eigenvalue weighted by molar-refractivity contribution is -0.140. The molecule has 1 heterocycles. The van der Waals surface area contributed by atoms with Crippen LogP contribution in [0.1, 0.15) is 75.1 Å². The zero-order valence-electron chi connectivity index (χ0n) is 23.1. The van der Waals surface area contributed by atoms with Crippen molar-refractivity contribution in [3.8, 4) is 11.5 Å². The minimum Gasteiger partial charge on any atom is -0.507 e. The van der Waals surface area contributed by atoms with E-state index < -0.39 is 17.7 Å². The third-order valence-electron chi connectivity index (χ3n) is 6.72. The van der Waals surface area contributed by atoms with Crippen molar-refractivity contribution in [1.82, 2.24) is 4.90 Å². The summed E-state index contributed by atoms with van der Waals surface area (Å²) in [5.41, 5.74) is 2.09. The van der Waals surface area contributed by atoms with Gasteiger partial charge in [0.15, 0.2) is 0 Å². The third-order valence-corrected chi connectivity index (χ3v) is 6.72. The van der Waals surface area contributed by atoms with Crippen LogP contribution in [0, 0.1) is 6.92 Å². The second-order valence-electron chi connectivity index (χ2n) is 9.64. The zero-order chi connectivity index (χ0) is 27.5. The van der Waals surface area contributed by atoms with Crippen molar-refractivity contribution < 1.29 is 28.9 Å². The van der Waals surface area contributed by atoms with E-state index >= 15 is 0 Å². The summed E-state index contributed by atoms with van der Waals surface area (Å²) < 4.78 is 16.8. The molecule has 3 rings (SSSR count). The smallest absolute Gasteiger partial charge is 0.295 e. The van der Waals surface area contributed by atoms with Crippen LogP contribution < -0.4 is 9.47 Å². The molecule has 1 amide bonds. The Morgan fingerprint density at radius 3 is 2.18 bits per heavy atom. The summed E-state index contributed by atoms with van der Waals surface area (Å²) in [5.74, 6) is -0.0495. The van der Waals surface area contributed by atoms with E-state index in [9.17, 15) is 14.7 Å². The van der Waals surface area contributed by atoms with Gasteiger partial charge in [-0.2, -0.15) is 0 Å². The number of amides is 1. The Kier molecular flexibility index (Phi) is 11.2. The highest BCUT2D eigenvalue weighted by atomic mass is 16.5. The molecule has 0 saturated carbocycles. The summed E-state index contributed by atoms with van der Waals surface area (Å²) in [6.07, 6.45) is 5.78. The Labute approximate surface area is 226 Å². The molecule has 0 radical (unpaired) electrons. The van der Waals surface area contributed by atoms with Gasteiger partial charge >= 0.3 is 0 Å². The van der Waals surface area contributed by atoms with E-state index in [1.807, 2.05) is 37.3 Å². The van der Waals surface area contributed by atoms with Crippen molar-refractivity contribution in [1.29, 1.82) is 0 Å². The number of hydrogen-bond donors (Lipinski definition) is 1. The number of likely N-dealkylation sites (tertiary alicyclic amines) is 1.